The van der Waals surface area contributed by atoms with Crippen molar-refractivity contribution in [2.24, 2.45) is 5.92 Å². The van der Waals surface area contributed by atoms with Crippen molar-refractivity contribution in [1.29, 1.82) is 0 Å². The molecule has 1 heterocycles. The molecule has 1 aliphatic rings. The van der Waals surface area contributed by atoms with Gasteiger partial charge in [-0.15, -0.1) is 0 Å². The molecule has 1 aliphatic heterocycles. The molecule has 19 heavy (non-hydrogen) atoms. The van der Waals surface area contributed by atoms with Crippen LogP contribution in [0.2, 0.25) is 0 Å². The van der Waals surface area contributed by atoms with Gasteiger partial charge in [0.25, 0.3) is 0 Å². The third-order valence-corrected chi connectivity index (χ3v) is 4.98. The van der Waals surface area contributed by atoms with E-state index in [1.54, 1.807) is 18.7 Å². The van der Waals surface area contributed by atoms with Crippen molar-refractivity contribution in [2.45, 2.75) is 33.2 Å². The minimum atomic E-state index is -3.01. The fourth-order valence-electron chi connectivity index (χ4n) is 2.12. The van der Waals surface area contributed by atoms with Gasteiger partial charge in [-0.25, -0.2) is 8.42 Å². The highest BCUT2D eigenvalue weighted by Gasteiger charge is 2.33. The monoisotopic (exact) mass is 290 g/mol. The van der Waals surface area contributed by atoms with Gasteiger partial charge in [-0.2, -0.15) is 0 Å². The van der Waals surface area contributed by atoms with E-state index in [1.165, 1.54) is 6.92 Å². The fourth-order valence-corrected chi connectivity index (χ4v) is 3.85. The van der Waals surface area contributed by atoms with Crippen molar-refractivity contribution < 1.29 is 18.0 Å². The van der Waals surface area contributed by atoms with Crippen LogP contribution >= 0.6 is 0 Å². The Bertz CT molecular complexity index is 445. The molecule has 0 bridgehead atoms. The van der Waals surface area contributed by atoms with Gasteiger partial charge in [-0.3, -0.25) is 9.59 Å². The first kappa shape index (κ1) is 15.9. The zero-order valence-electron chi connectivity index (χ0n) is 11.7. The number of carbonyl (C=O) groups is 2. The van der Waals surface area contributed by atoms with E-state index in [9.17, 15) is 18.0 Å². The molecule has 0 spiro atoms. The van der Waals surface area contributed by atoms with E-state index < -0.39 is 9.84 Å². The fraction of sp³-hybridized carbons (Fsp3) is 0.833. The minimum absolute atomic E-state index is 0.0324. The Kier molecular flexibility index (Phi) is 5.34. The van der Waals surface area contributed by atoms with Crippen LogP contribution in [0, 0.1) is 5.92 Å². The molecule has 1 rings (SSSR count). The lowest BCUT2D eigenvalue weighted by atomic mass is 10.2. The first-order chi connectivity index (χ1) is 8.73. The van der Waals surface area contributed by atoms with E-state index in [2.05, 4.69) is 5.32 Å². The zero-order chi connectivity index (χ0) is 14.6. The number of rotatable bonds is 5. The topological polar surface area (TPSA) is 83.6 Å². The van der Waals surface area contributed by atoms with E-state index in [4.69, 9.17) is 0 Å². The lowest BCUT2D eigenvalue weighted by molar-refractivity contribution is -0.131. The molecule has 6 nitrogen and oxygen atoms in total. The second-order valence-corrected chi connectivity index (χ2v) is 7.44. The van der Waals surface area contributed by atoms with E-state index in [0.717, 1.165) is 0 Å². The molecule has 1 N–H and O–H groups in total. The van der Waals surface area contributed by atoms with Gasteiger partial charge in [-0.05, 0) is 6.42 Å². The number of carbonyl (C=O) groups excluding carboxylic acids is 2. The van der Waals surface area contributed by atoms with Crippen molar-refractivity contribution in [3.63, 3.8) is 0 Å². The van der Waals surface area contributed by atoms with Crippen LogP contribution < -0.4 is 5.32 Å². The molecule has 7 heteroatoms. The van der Waals surface area contributed by atoms with E-state index >= 15 is 0 Å². The SMILES string of the molecule is CC(=O)N(CCNC(=O)C(C)C)C1CCS(=O)(=O)C1. The molecular weight excluding hydrogens is 268 g/mol. The van der Waals surface area contributed by atoms with Crippen LogP contribution in [-0.2, 0) is 19.4 Å². The molecule has 1 saturated heterocycles. The molecule has 0 aromatic heterocycles. The average molecular weight is 290 g/mol. The van der Waals surface area contributed by atoms with Gasteiger partial charge in [-0.1, -0.05) is 13.8 Å². The predicted octanol–water partition coefficient (Wildman–Crippen LogP) is -0.206. The van der Waals surface area contributed by atoms with Gasteiger partial charge < -0.3 is 10.2 Å². The third kappa shape index (κ3) is 4.81. The highest BCUT2D eigenvalue weighted by Crippen LogP contribution is 2.17. The van der Waals surface area contributed by atoms with Crippen LogP contribution in [0.15, 0.2) is 0 Å². The molecular formula is C12H22N2O4S. The summed E-state index contributed by atoms with van der Waals surface area (Å²) in [5, 5.41) is 2.73. The van der Waals surface area contributed by atoms with E-state index in [1.807, 2.05) is 0 Å². The maximum absolute atomic E-state index is 11.6. The highest BCUT2D eigenvalue weighted by molar-refractivity contribution is 7.91. The molecule has 0 aromatic carbocycles. The van der Waals surface area contributed by atoms with Crippen molar-refractivity contribution in [3.05, 3.63) is 0 Å². The van der Waals surface area contributed by atoms with Crippen LogP contribution in [-0.4, -0.2) is 55.8 Å². The average Bonchev–Trinajstić information content (AvgIpc) is 2.63. The Labute approximate surface area is 114 Å². The Morgan fingerprint density at radius 1 is 1.37 bits per heavy atom. The first-order valence-electron chi connectivity index (χ1n) is 6.48. The van der Waals surface area contributed by atoms with Crippen molar-refractivity contribution in [2.75, 3.05) is 24.6 Å². The van der Waals surface area contributed by atoms with Gasteiger partial charge in [0.1, 0.15) is 0 Å². The summed E-state index contributed by atoms with van der Waals surface area (Å²) in [4.78, 5) is 24.5. The Balaban J connectivity index is 2.51. The number of hydrogen-bond donors (Lipinski definition) is 1. The molecule has 0 radical (unpaired) electrons. The van der Waals surface area contributed by atoms with Crippen LogP contribution in [0.5, 0.6) is 0 Å². The van der Waals surface area contributed by atoms with Gasteiger partial charge in [0.05, 0.1) is 11.5 Å². The lowest BCUT2D eigenvalue weighted by Gasteiger charge is -2.27. The van der Waals surface area contributed by atoms with Crippen LogP contribution in [0.4, 0.5) is 0 Å². The normalized spacial score (nSPS) is 21.4. The summed E-state index contributed by atoms with van der Waals surface area (Å²) in [6.45, 7) is 5.72. The van der Waals surface area contributed by atoms with Crippen LogP contribution in [0.1, 0.15) is 27.2 Å². The van der Waals surface area contributed by atoms with Crippen molar-refractivity contribution >= 4 is 21.7 Å². The minimum Gasteiger partial charge on any atom is -0.354 e. The molecule has 0 saturated carbocycles. The maximum Gasteiger partial charge on any atom is 0.222 e. The van der Waals surface area contributed by atoms with Gasteiger partial charge in [0.15, 0.2) is 9.84 Å². The van der Waals surface area contributed by atoms with Gasteiger partial charge in [0.2, 0.25) is 11.8 Å². The van der Waals surface area contributed by atoms with Crippen LogP contribution in [0.25, 0.3) is 0 Å². The summed E-state index contributed by atoms with van der Waals surface area (Å²) in [7, 11) is -3.01. The number of hydrogen-bond acceptors (Lipinski definition) is 4. The second-order valence-electron chi connectivity index (χ2n) is 5.21. The molecule has 110 valence electrons. The van der Waals surface area contributed by atoms with Gasteiger partial charge in [0, 0.05) is 32.0 Å². The maximum atomic E-state index is 11.6. The summed E-state index contributed by atoms with van der Waals surface area (Å²) in [6, 6.07) is -0.251. The van der Waals surface area contributed by atoms with Gasteiger partial charge >= 0.3 is 0 Å². The summed E-state index contributed by atoms with van der Waals surface area (Å²) in [5.41, 5.74) is 0. The predicted molar refractivity (Wildman–Crippen MR) is 72.3 cm³/mol. The quantitative estimate of drug-likeness (QED) is 0.759. The molecule has 2 amide bonds. The first-order valence-corrected chi connectivity index (χ1v) is 8.30. The summed E-state index contributed by atoms with van der Waals surface area (Å²) in [5.74, 6) is -0.147. The van der Waals surface area contributed by atoms with Crippen molar-refractivity contribution in [1.82, 2.24) is 10.2 Å². The molecule has 1 unspecified atom stereocenters. The summed E-state index contributed by atoms with van der Waals surface area (Å²) < 4.78 is 22.9. The van der Waals surface area contributed by atoms with E-state index in [0.29, 0.717) is 19.5 Å². The van der Waals surface area contributed by atoms with E-state index in [-0.39, 0.29) is 35.3 Å². The lowest BCUT2D eigenvalue weighted by Crippen LogP contribution is -2.44. The number of nitrogens with zero attached hydrogens (tertiary/aromatic N) is 1. The smallest absolute Gasteiger partial charge is 0.222 e. The standard InChI is InChI=1S/C12H22N2O4S/c1-9(2)12(16)13-5-6-14(10(3)15)11-4-7-19(17,18)8-11/h9,11H,4-8H2,1-3H3,(H,13,16). The molecule has 0 aromatic rings. The third-order valence-electron chi connectivity index (χ3n) is 3.23. The van der Waals surface area contributed by atoms with Crippen LogP contribution in [0.3, 0.4) is 0 Å². The summed E-state index contributed by atoms with van der Waals surface area (Å²) in [6.07, 6.45) is 0.486. The Morgan fingerprint density at radius 3 is 2.42 bits per heavy atom. The number of nitrogens with one attached hydrogen (secondary N) is 1. The highest BCUT2D eigenvalue weighted by atomic mass is 32.2. The number of amides is 2. The Hall–Kier alpha value is -1.11. The zero-order valence-corrected chi connectivity index (χ0v) is 12.5. The largest absolute Gasteiger partial charge is 0.354 e. The second kappa shape index (κ2) is 6.36. The summed E-state index contributed by atoms with van der Waals surface area (Å²) >= 11 is 0. The molecule has 1 fully saturated rings. The molecule has 1 atom stereocenters. The van der Waals surface area contributed by atoms with Crippen molar-refractivity contribution in [3.8, 4) is 0 Å². The Morgan fingerprint density at radius 2 is 2.00 bits per heavy atom. The number of sulfone groups is 1. The molecule has 0 aliphatic carbocycles.